The van der Waals surface area contributed by atoms with Crippen LogP contribution in [0.5, 0.6) is 5.75 Å². The number of nitrogens with zero attached hydrogens (tertiary/aromatic N) is 1. The van der Waals surface area contributed by atoms with Gasteiger partial charge in [-0.25, -0.2) is 0 Å². The fourth-order valence-corrected chi connectivity index (χ4v) is 2.98. The summed E-state index contributed by atoms with van der Waals surface area (Å²) in [5, 5.41) is 3.44. The summed E-state index contributed by atoms with van der Waals surface area (Å²) in [6.45, 7) is 0.675. The summed E-state index contributed by atoms with van der Waals surface area (Å²) in [6, 6.07) is 13.0. The van der Waals surface area contributed by atoms with Crippen molar-refractivity contribution in [2.75, 3.05) is 7.11 Å². The van der Waals surface area contributed by atoms with Gasteiger partial charge in [-0.1, -0.05) is 18.2 Å². The minimum atomic E-state index is 0.154. The van der Waals surface area contributed by atoms with Gasteiger partial charge in [-0.05, 0) is 43.9 Å². The molecule has 4 rings (SSSR count). The van der Waals surface area contributed by atoms with Crippen molar-refractivity contribution in [2.45, 2.75) is 44.3 Å². The molecule has 0 unspecified atom stereocenters. The molecule has 23 heavy (non-hydrogen) atoms. The largest absolute Gasteiger partial charge is 0.497 e. The molecular formula is C19H22N2O2. The van der Waals surface area contributed by atoms with E-state index in [1.807, 2.05) is 34.9 Å². The SMILES string of the molecule is COc1cccc(-c2ccc(CNC3CC3)c(=O)n2C2CC2)c1. The van der Waals surface area contributed by atoms with Gasteiger partial charge in [-0.3, -0.25) is 4.79 Å². The van der Waals surface area contributed by atoms with E-state index in [1.165, 1.54) is 12.8 Å². The Bertz CT molecular complexity index is 773. The predicted molar refractivity (Wildman–Crippen MR) is 90.8 cm³/mol. The molecule has 0 radical (unpaired) electrons. The van der Waals surface area contributed by atoms with Crippen molar-refractivity contribution in [1.82, 2.24) is 9.88 Å². The summed E-state index contributed by atoms with van der Waals surface area (Å²) in [4.78, 5) is 12.9. The maximum atomic E-state index is 12.9. The summed E-state index contributed by atoms with van der Waals surface area (Å²) >= 11 is 0. The van der Waals surface area contributed by atoms with Gasteiger partial charge in [0, 0.05) is 29.8 Å². The van der Waals surface area contributed by atoms with Gasteiger partial charge in [0.1, 0.15) is 5.75 Å². The van der Waals surface area contributed by atoms with Gasteiger partial charge in [-0.2, -0.15) is 0 Å². The van der Waals surface area contributed by atoms with Crippen LogP contribution in [0.4, 0.5) is 0 Å². The lowest BCUT2D eigenvalue weighted by molar-refractivity contribution is 0.415. The molecule has 0 atom stereocenters. The average molecular weight is 310 g/mol. The van der Waals surface area contributed by atoms with Gasteiger partial charge >= 0.3 is 0 Å². The van der Waals surface area contributed by atoms with Crippen molar-refractivity contribution in [3.8, 4) is 17.0 Å². The molecule has 2 aromatic rings. The Hall–Kier alpha value is -2.07. The van der Waals surface area contributed by atoms with Crippen molar-refractivity contribution in [3.63, 3.8) is 0 Å². The van der Waals surface area contributed by atoms with Crippen LogP contribution in [0, 0.1) is 0 Å². The minimum absolute atomic E-state index is 0.154. The highest BCUT2D eigenvalue weighted by atomic mass is 16.5. The van der Waals surface area contributed by atoms with E-state index in [0.717, 1.165) is 35.4 Å². The number of ether oxygens (including phenoxy) is 1. The van der Waals surface area contributed by atoms with Crippen LogP contribution in [0.25, 0.3) is 11.3 Å². The summed E-state index contributed by atoms with van der Waals surface area (Å²) in [6.07, 6.45) is 4.66. The van der Waals surface area contributed by atoms with Crippen molar-refractivity contribution < 1.29 is 4.74 Å². The van der Waals surface area contributed by atoms with Crippen LogP contribution < -0.4 is 15.6 Å². The summed E-state index contributed by atoms with van der Waals surface area (Å²) in [5.41, 5.74) is 3.05. The first-order chi connectivity index (χ1) is 11.3. The standard InChI is InChI=1S/C19H22N2O2/c1-23-17-4-2-3-13(11-17)18-10-5-14(12-20-15-6-7-15)19(22)21(18)16-8-9-16/h2-5,10-11,15-16,20H,6-9,12H2,1H3. The monoisotopic (exact) mass is 310 g/mol. The second kappa shape index (κ2) is 5.85. The Morgan fingerprint density at radius 1 is 1.17 bits per heavy atom. The number of pyridine rings is 1. The van der Waals surface area contributed by atoms with Crippen molar-refractivity contribution in [3.05, 3.63) is 52.3 Å². The first kappa shape index (κ1) is 14.5. The molecule has 1 aromatic carbocycles. The topological polar surface area (TPSA) is 43.3 Å². The number of benzene rings is 1. The van der Waals surface area contributed by atoms with Gasteiger partial charge in [0.25, 0.3) is 5.56 Å². The molecule has 2 saturated carbocycles. The van der Waals surface area contributed by atoms with Crippen LogP contribution in [0.15, 0.2) is 41.2 Å². The van der Waals surface area contributed by atoms with Crippen LogP contribution >= 0.6 is 0 Å². The maximum Gasteiger partial charge on any atom is 0.255 e. The highest BCUT2D eigenvalue weighted by molar-refractivity contribution is 5.62. The zero-order valence-corrected chi connectivity index (χ0v) is 13.4. The molecular weight excluding hydrogens is 288 g/mol. The van der Waals surface area contributed by atoms with Crippen molar-refractivity contribution >= 4 is 0 Å². The van der Waals surface area contributed by atoms with E-state index >= 15 is 0 Å². The molecule has 0 bridgehead atoms. The average Bonchev–Trinajstić information content (AvgIpc) is 3.47. The smallest absolute Gasteiger partial charge is 0.255 e. The van der Waals surface area contributed by atoms with Crippen LogP contribution in [0.2, 0.25) is 0 Å². The Kier molecular flexibility index (Phi) is 3.69. The van der Waals surface area contributed by atoms with Crippen LogP contribution in [0.3, 0.4) is 0 Å². The molecule has 2 aliphatic rings. The molecule has 120 valence electrons. The van der Waals surface area contributed by atoms with E-state index in [-0.39, 0.29) is 5.56 Å². The number of rotatable bonds is 6. The van der Waals surface area contributed by atoms with Crippen LogP contribution in [-0.2, 0) is 6.54 Å². The molecule has 0 saturated heterocycles. The highest BCUT2D eigenvalue weighted by Gasteiger charge is 2.28. The van der Waals surface area contributed by atoms with E-state index in [4.69, 9.17) is 4.74 Å². The lowest BCUT2D eigenvalue weighted by Gasteiger charge is -2.15. The van der Waals surface area contributed by atoms with Gasteiger partial charge in [0.15, 0.2) is 0 Å². The molecule has 1 heterocycles. The quantitative estimate of drug-likeness (QED) is 0.891. The first-order valence-corrected chi connectivity index (χ1v) is 8.38. The fourth-order valence-electron chi connectivity index (χ4n) is 2.98. The lowest BCUT2D eigenvalue weighted by Crippen LogP contribution is -2.28. The van der Waals surface area contributed by atoms with E-state index in [2.05, 4.69) is 11.4 Å². The zero-order valence-electron chi connectivity index (χ0n) is 13.4. The number of nitrogens with one attached hydrogen (secondary N) is 1. The Labute approximate surface area is 136 Å². The van der Waals surface area contributed by atoms with Gasteiger partial charge < -0.3 is 14.6 Å². The van der Waals surface area contributed by atoms with Gasteiger partial charge in [-0.15, -0.1) is 0 Å². The molecule has 4 nitrogen and oxygen atoms in total. The molecule has 2 fully saturated rings. The summed E-state index contributed by atoms with van der Waals surface area (Å²) < 4.78 is 7.31. The third kappa shape index (κ3) is 3.04. The Morgan fingerprint density at radius 2 is 2.00 bits per heavy atom. The molecule has 0 aliphatic heterocycles. The molecule has 1 aromatic heterocycles. The lowest BCUT2D eigenvalue weighted by atomic mass is 10.1. The number of hydrogen-bond acceptors (Lipinski definition) is 3. The minimum Gasteiger partial charge on any atom is -0.497 e. The number of hydrogen-bond donors (Lipinski definition) is 1. The van der Waals surface area contributed by atoms with E-state index < -0.39 is 0 Å². The molecule has 2 aliphatic carbocycles. The first-order valence-electron chi connectivity index (χ1n) is 8.38. The molecule has 0 spiro atoms. The molecule has 0 amide bonds. The zero-order chi connectivity index (χ0) is 15.8. The number of methoxy groups -OCH3 is 1. The van der Waals surface area contributed by atoms with Gasteiger partial charge in [0.2, 0.25) is 0 Å². The second-order valence-electron chi connectivity index (χ2n) is 6.54. The van der Waals surface area contributed by atoms with Crippen LogP contribution in [-0.4, -0.2) is 17.7 Å². The van der Waals surface area contributed by atoms with Crippen LogP contribution in [0.1, 0.15) is 37.3 Å². The highest BCUT2D eigenvalue weighted by Crippen LogP contribution is 2.37. The predicted octanol–water partition coefficient (Wildman–Crippen LogP) is 3.11. The third-order valence-electron chi connectivity index (χ3n) is 4.63. The Balaban J connectivity index is 1.73. The van der Waals surface area contributed by atoms with Gasteiger partial charge in [0.05, 0.1) is 12.8 Å². The maximum absolute atomic E-state index is 12.9. The molecule has 4 heteroatoms. The van der Waals surface area contributed by atoms with E-state index in [0.29, 0.717) is 18.6 Å². The fraction of sp³-hybridized carbons (Fsp3) is 0.421. The second-order valence-corrected chi connectivity index (χ2v) is 6.54. The summed E-state index contributed by atoms with van der Waals surface area (Å²) in [5.74, 6) is 0.816. The third-order valence-corrected chi connectivity index (χ3v) is 4.63. The van der Waals surface area contributed by atoms with Crippen molar-refractivity contribution in [1.29, 1.82) is 0 Å². The summed E-state index contributed by atoms with van der Waals surface area (Å²) in [7, 11) is 1.67. The number of aromatic nitrogens is 1. The van der Waals surface area contributed by atoms with E-state index in [9.17, 15) is 4.79 Å². The van der Waals surface area contributed by atoms with Crippen molar-refractivity contribution in [2.24, 2.45) is 0 Å². The Morgan fingerprint density at radius 3 is 2.70 bits per heavy atom. The normalized spacial score (nSPS) is 17.3. The van der Waals surface area contributed by atoms with E-state index in [1.54, 1.807) is 7.11 Å². The molecule has 1 N–H and O–H groups in total.